The molecule has 0 spiro atoms. The summed E-state index contributed by atoms with van der Waals surface area (Å²) in [4.78, 5) is 24.0. The average Bonchev–Trinajstić information content (AvgIpc) is 3.26. The van der Waals surface area contributed by atoms with Crippen LogP contribution >= 0.6 is 0 Å². The van der Waals surface area contributed by atoms with Crippen molar-refractivity contribution in [2.45, 2.75) is 59.0 Å². The fourth-order valence-corrected chi connectivity index (χ4v) is 4.03. The first-order valence-corrected chi connectivity index (χ1v) is 9.65. The highest BCUT2D eigenvalue weighted by molar-refractivity contribution is 5.93. The number of likely N-dealkylation sites (tertiary alicyclic amines) is 1. The van der Waals surface area contributed by atoms with Gasteiger partial charge in [-0.1, -0.05) is 0 Å². The summed E-state index contributed by atoms with van der Waals surface area (Å²) in [7, 11) is 0. The number of imidazole rings is 1. The van der Waals surface area contributed by atoms with Gasteiger partial charge in [-0.05, 0) is 52.5 Å². The molecule has 1 amide bonds. The molecular formula is C20H26N6O. The van der Waals surface area contributed by atoms with Gasteiger partial charge in [0.25, 0.3) is 5.91 Å². The Bertz CT molecular complexity index is 972. The highest BCUT2D eigenvalue weighted by Crippen LogP contribution is 2.23. The van der Waals surface area contributed by atoms with E-state index in [0.717, 1.165) is 55.2 Å². The van der Waals surface area contributed by atoms with Gasteiger partial charge < -0.3 is 9.47 Å². The molecule has 4 heterocycles. The number of aromatic nitrogens is 5. The van der Waals surface area contributed by atoms with Crippen molar-refractivity contribution in [1.82, 2.24) is 29.0 Å². The second-order valence-electron chi connectivity index (χ2n) is 7.44. The maximum Gasteiger partial charge on any atom is 0.274 e. The van der Waals surface area contributed by atoms with Crippen molar-refractivity contribution in [1.29, 1.82) is 0 Å². The van der Waals surface area contributed by atoms with Crippen molar-refractivity contribution < 1.29 is 4.79 Å². The third kappa shape index (κ3) is 3.46. The van der Waals surface area contributed by atoms with Gasteiger partial charge in [-0.15, -0.1) is 0 Å². The number of piperidine rings is 1. The largest absolute Gasteiger partial charge is 0.335 e. The number of aryl methyl sites for hydroxylation is 4. The Kier molecular flexibility index (Phi) is 4.68. The van der Waals surface area contributed by atoms with Crippen LogP contribution in [0.15, 0.2) is 24.5 Å². The van der Waals surface area contributed by atoms with Crippen LogP contribution < -0.4 is 0 Å². The second kappa shape index (κ2) is 7.13. The van der Waals surface area contributed by atoms with Gasteiger partial charge in [-0.25, -0.2) is 14.5 Å². The van der Waals surface area contributed by atoms with Crippen LogP contribution in [0.3, 0.4) is 0 Å². The Hall–Kier alpha value is -2.70. The monoisotopic (exact) mass is 366 g/mol. The predicted octanol–water partition coefficient (Wildman–Crippen LogP) is 2.94. The van der Waals surface area contributed by atoms with Crippen molar-refractivity contribution in [2.24, 2.45) is 0 Å². The lowest BCUT2D eigenvalue weighted by molar-refractivity contribution is 0.0589. The van der Waals surface area contributed by atoms with Crippen molar-refractivity contribution >= 4 is 11.6 Å². The SMILES string of the molecule is Cc1cc(C)n2nc(C(=O)N3CCCCC3CCn3ccnc3C)cc2n1. The molecule has 7 nitrogen and oxygen atoms in total. The number of rotatable bonds is 4. The zero-order valence-corrected chi connectivity index (χ0v) is 16.2. The maximum absolute atomic E-state index is 13.2. The normalized spacial score (nSPS) is 17.6. The van der Waals surface area contributed by atoms with Crippen LogP contribution in [0, 0.1) is 20.8 Å². The summed E-state index contributed by atoms with van der Waals surface area (Å²) < 4.78 is 3.91. The van der Waals surface area contributed by atoms with Crippen LogP contribution in [0.4, 0.5) is 0 Å². The molecule has 3 aromatic rings. The van der Waals surface area contributed by atoms with Crippen LogP contribution in [-0.4, -0.2) is 47.5 Å². The smallest absolute Gasteiger partial charge is 0.274 e. The third-order valence-electron chi connectivity index (χ3n) is 5.47. The van der Waals surface area contributed by atoms with Crippen molar-refractivity contribution in [2.75, 3.05) is 6.54 Å². The van der Waals surface area contributed by atoms with E-state index >= 15 is 0 Å². The van der Waals surface area contributed by atoms with Crippen molar-refractivity contribution in [3.05, 3.63) is 47.4 Å². The molecule has 0 aliphatic carbocycles. The number of amides is 1. The maximum atomic E-state index is 13.2. The lowest BCUT2D eigenvalue weighted by Crippen LogP contribution is -2.44. The standard InChI is InChI=1S/C20H26N6O/c1-14-12-15(2)26-19(22-14)13-18(23-26)20(27)25-9-5-4-6-17(25)7-10-24-11-8-21-16(24)3/h8,11-13,17H,4-7,9-10H2,1-3H3. The van der Waals surface area contributed by atoms with Gasteiger partial charge in [0.1, 0.15) is 5.82 Å². The molecule has 1 fully saturated rings. The number of carbonyl (C=O) groups excluding carboxylic acids is 1. The molecule has 4 rings (SSSR count). The van der Waals surface area contributed by atoms with Crippen LogP contribution in [0.5, 0.6) is 0 Å². The lowest BCUT2D eigenvalue weighted by Gasteiger charge is -2.35. The molecule has 7 heteroatoms. The fraction of sp³-hybridized carbons (Fsp3) is 0.500. The Morgan fingerprint density at radius 1 is 1.22 bits per heavy atom. The Morgan fingerprint density at radius 2 is 2.07 bits per heavy atom. The van der Waals surface area contributed by atoms with E-state index in [1.807, 2.05) is 50.2 Å². The molecule has 27 heavy (non-hydrogen) atoms. The minimum Gasteiger partial charge on any atom is -0.335 e. The molecule has 1 saturated heterocycles. The van der Waals surface area contributed by atoms with Gasteiger partial charge in [-0.3, -0.25) is 4.79 Å². The lowest BCUT2D eigenvalue weighted by atomic mass is 9.98. The van der Waals surface area contributed by atoms with Crippen molar-refractivity contribution in [3.8, 4) is 0 Å². The summed E-state index contributed by atoms with van der Waals surface area (Å²) in [6, 6.07) is 4.04. The highest BCUT2D eigenvalue weighted by Gasteiger charge is 2.29. The summed E-state index contributed by atoms with van der Waals surface area (Å²) >= 11 is 0. The van der Waals surface area contributed by atoms with Gasteiger partial charge in [0.15, 0.2) is 11.3 Å². The minimum absolute atomic E-state index is 0.0182. The molecule has 0 saturated carbocycles. The van der Waals surface area contributed by atoms with E-state index in [9.17, 15) is 4.79 Å². The molecule has 1 unspecified atom stereocenters. The summed E-state index contributed by atoms with van der Waals surface area (Å²) in [5.41, 5.74) is 3.15. The molecule has 0 radical (unpaired) electrons. The molecule has 3 aromatic heterocycles. The minimum atomic E-state index is 0.0182. The summed E-state index contributed by atoms with van der Waals surface area (Å²) in [5, 5.41) is 4.53. The van der Waals surface area contributed by atoms with E-state index in [-0.39, 0.29) is 11.9 Å². The van der Waals surface area contributed by atoms with Gasteiger partial charge in [0.2, 0.25) is 0 Å². The molecule has 142 valence electrons. The van der Waals surface area contributed by atoms with E-state index in [4.69, 9.17) is 0 Å². The molecule has 1 atom stereocenters. The molecule has 0 N–H and O–H groups in total. The first kappa shape index (κ1) is 17.7. The number of hydrogen-bond donors (Lipinski definition) is 0. The summed E-state index contributed by atoms with van der Waals surface area (Å²) in [6.45, 7) is 7.63. The fourth-order valence-electron chi connectivity index (χ4n) is 4.03. The summed E-state index contributed by atoms with van der Waals surface area (Å²) in [5.74, 6) is 1.03. The van der Waals surface area contributed by atoms with E-state index in [1.165, 1.54) is 6.42 Å². The highest BCUT2D eigenvalue weighted by atomic mass is 16.2. The first-order valence-electron chi connectivity index (χ1n) is 9.65. The molecule has 0 aromatic carbocycles. The quantitative estimate of drug-likeness (QED) is 0.712. The zero-order valence-electron chi connectivity index (χ0n) is 16.2. The van der Waals surface area contributed by atoms with Crippen LogP contribution in [0.2, 0.25) is 0 Å². The van der Waals surface area contributed by atoms with E-state index in [1.54, 1.807) is 4.52 Å². The van der Waals surface area contributed by atoms with Crippen LogP contribution in [0.25, 0.3) is 5.65 Å². The number of fused-ring (bicyclic) bond motifs is 1. The van der Waals surface area contributed by atoms with Gasteiger partial charge in [-0.2, -0.15) is 5.10 Å². The topological polar surface area (TPSA) is 68.3 Å². The van der Waals surface area contributed by atoms with Gasteiger partial charge in [0, 0.05) is 49.0 Å². The summed E-state index contributed by atoms with van der Waals surface area (Å²) in [6.07, 6.45) is 8.03. The molecule has 1 aliphatic heterocycles. The van der Waals surface area contributed by atoms with Crippen LogP contribution in [0.1, 0.15) is 53.4 Å². The number of nitrogens with zero attached hydrogens (tertiary/aromatic N) is 6. The Balaban J connectivity index is 1.55. The van der Waals surface area contributed by atoms with Crippen LogP contribution in [-0.2, 0) is 6.54 Å². The Labute approximate surface area is 159 Å². The molecule has 1 aliphatic rings. The van der Waals surface area contributed by atoms with Gasteiger partial charge in [0.05, 0.1) is 0 Å². The van der Waals surface area contributed by atoms with Gasteiger partial charge >= 0.3 is 0 Å². The molecular weight excluding hydrogens is 340 g/mol. The zero-order chi connectivity index (χ0) is 19.0. The Morgan fingerprint density at radius 3 is 2.85 bits per heavy atom. The van der Waals surface area contributed by atoms with E-state index < -0.39 is 0 Å². The van der Waals surface area contributed by atoms with Crippen molar-refractivity contribution in [3.63, 3.8) is 0 Å². The van der Waals surface area contributed by atoms with E-state index in [2.05, 4.69) is 19.6 Å². The van der Waals surface area contributed by atoms with E-state index in [0.29, 0.717) is 5.69 Å². The predicted molar refractivity (Wildman–Crippen MR) is 103 cm³/mol. The average molecular weight is 366 g/mol. The molecule has 0 bridgehead atoms. The second-order valence-corrected chi connectivity index (χ2v) is 7.44. The first-order chi connectivity index (χ1) is 13.0. The third-order valence-corrected chi connectivity index (χ3v) is 5.47. The number of carbonyl (C=O) groups is 1. The number of hydrogen-bond acceptors (Lipinski definition) is 4.